The van der Waals surface area contributed by atoms with Crippen LogP contribution in [0.1, 0.15) is 50.4 Å². The molecule has 1 unspecified atom stereocenters. The third-order valence-corrected chi connectivity index (χ3v) is 3.78. The van der Waals surface area contributed by atoms with Crippen molar-refractivity contribution >= 4 is 23.3 Å². The number of Topliss-reactive ketones (excluding diaryl/α,β-unsaturated/α-hetero) is 1. The monoisotopic (exact) mass is 319 g/mol. The van der Waals surface area contributed by atoms with Gasteiger partial charge in [-0.2, -0.15) is 0 Å². The van der Waals surface area contributed by atoms with E-state index in [1.54, 1.807) is 23.1 Å². The molecule has 1 N–H and O–H groups in total. The standard InChI is InChI=1S/C17H21NO5/c1-4-14-17(22)18(10(2)3)12-9-11(5-7-15(12)23-14)13(19)6-8-16(20)21/h5,7,9-10,14H,4,6,8H2,1-3H3,(H,20,21). The Balaban J connectivity index is 2.35. The number of anilines is 1. The van der Waals surface area contributed by atoms with E-state index in [4.69, 9.17) is 9.84 Å². The predicted molar refractivity (Wildman–Crippen MR) is 85.0 cm³/mol. The first-order valence-electron chi connectivity index (χ1n) is 7.74. The maximum atomic E-state index is 12.5. The van der Waals surface area contributed by atoms with Gasteiger partial charge in [0.1, 0.15) is 5.75 Å². The Morgan fingerprint density at radius 1 is 1.30 bits per heavy atom. The van der Waals surface area contributed by atoms with E-state index in [0.717, 1.165) is 0 Å². The van der Waals surface area contributed by atoms with Crippen LogP contribution in [0.4, 0.5) is 5.69 Å². The number of carboxylic acids is 1. The lowest BCUT2D eigenvalue weighted by Gasteiger charge is -2.36. The minimum absolute atomic E-state index is 0.0661. The van der Waals surface area contributed by atoms with Gasteiger partial charge in [-0.3, -0.25) is 14.4 Å². The summed E-state index contributed by atoms with van der Waals surface area (Å²) in [5, 5.41) is 8.68. The first-order valence-corrected chi connectivity index (χ1v) is 7.74. The van der Waals surface area contributed by atoms with Crippen LogP contribution < -0.4 is 9.64 Å². The van der Waals surface area contributed by atoms with Crippen LogP contribution in [0.25, 0.3) is 0 Å². The molecular formula is C17H21NO5. The molecule has 1 aromatic rings. The Morgan fingerprint density at radius 2 is 2.00 bits per heavy atom. The van der Waals surface area contributed by atoms with Gasteiger partial charge in [0.05, 0.1) is 12.1 Å². The number of amides is 1. The summed E-state index contributed by atoms with van der Waals surface area (Å²) in [6.45, 7) is 5.69. The van der Waals surface area contributed by atoms with Crippen LogP contribution in [0.15, 0.2) is 18.2 Å². The SMILES string of the molecule is CCC1Oc2ccc(C(=O)CCC(=O)O)cc2N(C(C)C)C1=O. The van der Waals surface area contributed by atoms with Crippen molar-refractivity contribution in [2.24, 2.45) is 0 Å². The quantitative estimate of drug-likeness (QED) is 0.815. The van der Waals surface area contributed by atoms with Gasteiger partial charge in [-0.25, -0.2) is 0 Å². The molecule has 6 nitrogen and oxygen atoms in total. The zero-order valence-corrected chi connectivity index (χ0v) is 13.5. The van der Waals surface area contributed by atoms with Gasteiger partial charge in [-0.15, -0.1) is 0 Å². The van der Waals surface area contributed by atoms with Gasteiger partial charge in [0.15, 0.2) is 11.9 Å². The Hall–Kier alpha value is -2.37. The molecule has 1 heterocycles. The lowest BCUT2D eigenvalue weighted by Crippen LogP contribution is -2.48. The molecule has 0 aliphatic carbocycles. The molecule has 1 aliphatic rings. The van der Waals surface area contributed by atoms with Gasteiger partial charge < -0.3 is 14.7 Å². The molecule has 6 heteroatoms. The number of hydrogen-bond donors (Lipinski definition) is 1. The number of carboxylic acid groups (broad SMARTS) is 1. The third kappa shape index (κ3) is 3.52. The average Bonchev–Trinajstić information content (AvgIpc) is 2.50. The second-order valence-corrected chi connectivity index (χ2v) is 5.82. The van der Waals surface area contributed by atoms with E-state index in [1.807, 2.05) is 20.8 Å². The Bertz CT molecular complexity index is 638. The van der Waals surface area contributed by atoms with Gasteiger partial charge in [0, 0.05) is 18.0 Å². The van der Waals surface area contributed by atoms with Crippen molar-refractivity contribution in [1.29, 1.82) is 0 Å². The summed E-state index contributed by atoms with van der Waals surface area (Å²) < 4.78 is 5.71. The molecule has 23 heavy (non-hydrogen) atoms. The van der Waals surface area contributed by atoms with Crippen LogP contribution in [0, 0.1) is 0 Å². The minimum atomic E-state index is -1.01. The average molecular weight is 319 g/mol. The fraction of sp³-hybridized carbons (Fsp3) is 0.471. The molecular weight excluding hydrogens is 298 g/mol. The number of hydrogen-bond acceptors (Lipinski definition) is 4. The van der Waals surface area contributed by atoms with Crippen molar-refractivity contribution in [2.75, 3.05) is 4.90 Å². The van der Waals surface area contributed by atoms with E-state index in [0.29, 0.717) is 23.4 Å². The fourth-order valence-corrected chi connectivity index (χ4v) is 2.61. The molecule has 1 aliphatic heterocycles. The summed E-state index contributed by atoms with van der Waals surface area (Å²) in [5.74, 6) is -0.821. The highest BCUT2D eigenvalue weighted by Gasteiger charge is 2.35. The maximum absolute atomic E-state index is 12.5. The van der Waals surface area contributed by atoms with E-state index in [1.165, 1.54) is 0 Å². The number of rotatable bonds is 6. The highest BCUT2D eigenvalue weighted by molar-refractivity contribution is 6.03. The van der Waals surface area contributed by atoms with Crippen LogP contribution in [-0.4, -0.2) is 34.9 Å². The molecule has 2 rings (SSSR count). The normalized spacial score (nSPS) is 17.0. The summed E-state index contributed by atoms with van der Waals surface area (Å²) in [7, 11) is 0. The topological polar surface area (TPSA) is 83.9 Å². The number of ketones is 1. The first-order chi connectivity index (χ1) is 10.8. The summed E-state index contributed by atoms with van der Waals surface area (Å²) in [6, 6.07) is 4.84. The predicted octanol–water partition coefficient (Wildman–Crippen LogP) is 2.65. The number of aliphatic carboxylic acids is 1. The number of nitrogens with zero attached hydrogens (tertiary/aromatic N) is 1. The van der Waals surface area contributed by atoms with Crippen LogP contribution >= 0.6 is 0 Å². The maximum Gasteiger partial charge on any atom is 0.303 e. The van der Waals surface area contributed by atoms with Crippen molar-refractivity contribution < 1.29 is 24.2 Å². The van der Waals surface area contributed by atoms with Crippen molar-refractivity contribution in [1.82, 2.24) is 0 Å². The molecule has 0 aromatic heterocycles. The number of benzene rings is 1. The lowest BCUT2D eigenvalue weighted by atomic mass is 10.0. The van der Waals surface area contributed by atoms with Gasteiger partial charge in [0.25, 0.3) is 5.91 Å². The number of ether oxygens (including phenoxy) is 1. The van der Waals surface area contributed by atoms with Crippen molar-refractivity contribution in [3.63, 3.8) is 0 Å². The van der Waals surface area contributed by atoms with E-state index < -0.39 is 12.1 Å². The Morgan fingerprint density at radius 3 is 2.57 bits per heavy atom. The molecule has 0 radical (unpaired) electrons. The fourth-order valence-electron chi connectivity index (χ4n) is 2.61. The zero-order valence-electron chi connectivity index (χ0n) is 13.5. The van der Waals surface area contributed by atoms with E-state index in [-0.39, 0.29) is 30.6 Å². The van der Waals surface area contributed by atoms with Crippen molar-refractivity contribution in [2.45, 2.75) is 52.2 Å². The molecule has 1 atom stereocenters. The summed E-state index contributed by atoms with van der Waals surface area (Å²) in [5.41, 5.74) is 0.956. The molecule has 0 fully saturated rings. The highest BCUT2D eigenvalue weighted by atomic mass is 16.5. The number of carbonyl (C=O) groups excluding carboxylic acids is 2. The van der Waals surface area contributed by atoms with Gasteiger partial charge >= 0.3 is 5.97 Å². The molecule has 0 bridgehead atoms. The van der Waals surface area contributed by atoms with E-state index in [9.17, 15) is 14.4 Å². The van der Waals surface area contributed by atoms with Crippen LogP contribution in [0.5, 0.6) is 5.75 Å². The molecule has 1 amide bonds. The van der Waals surface area contributed by atoms with Crippen LogP contribution in [0.2, 0.25) is 0 Å². The van der Waals surface area contributed by atoms with Crippen LogP contribution in [-0.2, 0) is 9.59 Å². The lowest BCUT2D eigenvalue weighted by molar-refractivity contribution is -0.137. The minimum Gasteiger partial charge on any atom is -0.481 e. The Labute approximate surface area is 135 Å². The van der Waals surface area contributed by atoms with E-state index in [2.05, 4.69) is 0 Å². The van der Waals surface area contributed by atoms with Gasteiger partial charge in [0.2, 0.25) is 0 Å². The zero-order chi connectivity index (χ0) is 17.1. The molecule has 1 aromatic carbocycles. The summed E-state index contributed by atoms with van der Waals surface area (Å²) in [4.78, 5) is 36.8. The largest absolute Gasteiger partial charge is 0.481 e. The molecule has 0 saturated carbocycles. The van der Waals surface area contributed by atoms with Gasteiger partial charge in [-0.05, 0) is 38.5 Å². The van der Waals surface area contributed by atoms with Gasteiger partial charge in [-0.1, -0.05) is 6.92 Å². The smallest absolute Gasteiger partial charge is 0.303 e. The highest BCUT2D eigenvalue weighted by Crippen LogP contribution is 2.37. The summed E-state index contributed by atoms with van der Waals surface area (Å²) in [6.07, 6.45) is -0.224. The van der Waals surface area contributed by atoms with Crippen LogP contribution in [0.3, 0.4) is 0 Å². The second-order valence-electron chi connectivity index (χ2n) is 5.82. The molecule has 124 valence electrons. The third-order valence-electron chi connectivity index (χ3n) is 3.78. The first kappa shape index (κ1) is 17.0. The number of fused-ring (bicyclic) bond motifs is 1. The Kier molecular flexibility index (Phi) is 5.03. The second kappa shape index (κ2) is 6.81. The summed E-state index contributed by atoms with van der Waals surface area (Å²) >= 11 is 0. The molecule has 0 saturated heterocycles. The van der Waals surface area contributed by atoms with Crippen molar-refractivity contribution in [3.8, 4) is 5.75 Å². The molecule has 0 spiro atoms. The van der Waals surface area contributed by atoms with E-state index >= 15 is 0 Å². The van der Waals surface area contributed by atoms with Crippen molar-refractivity contribution in [3.05, 3.63) is 23.8 Å². The number of carbonyl (C=O) groups is 3.